The Morgan fingerprint density at radius 1 is 1.00 bits per heavy atom. The van der Waals surface area contributed by atoms with Gasteiger partial charge in [0, 0.05) is 10.1 Å². The first kappa shape index (κ1) is 13.5. The Morgan fingerprint density at radius 3 is 2.33 bits per heavy atom. The molecule has 0 bridgehead atoms. The Kier molecular flexibility index (Phi) is 5.16. The van der Waals surface area contributed by atoms with Gasteiger partial charge in [0.05, 0.1) is 12.6 Å². The first-order valence-electron chi connectivity index (χ1n) is 5.94. The van der Waals surface area contributed by atoms with Gasteiger partial charge in [-0.25, -0.2) is 0 Å². The summed E-state index contributed by atoms with van der Waals surface area (Å²) in [6.45, 7) is 0.865. The summed E-state index contributed by atoms with van der Waals surface area (Å²) in [6, 6.07) is 18.3. The number of hydrogen-bond acceptors (Lipinski definition) is 2. The third-order valence-electron chi connectivity index (χ3n) is 2.86. The standard InChI is InChI=1S/C15H16INO/c16-14-9-5-4-8-13(14)15(11-18)17-10-12-6-2-1-3-7-12/h1-9,15,17-18H,10-11H2. The molecule has 3 heteroatoms. The molecule has 1 unspecified atom stereocenters. The lowest BCUT2D eigenvalue weighted by Gasteiger charge is -2.18. The number of hydrogen-bond donors (Lipinski definition) is 2. The molecule has 94 valence electrons. The van der Waals surface area contributed by atoms with E-state index < -0.39 is 0 Å². The molecular weight excluding hydrogens is 337 g/mol. The van der Waals surface area contributed by atoms with Crippen LogP contribution in [0, 0.1) is 3.57 Å². The SMILES string of the molecule is OCC(NCc1ccccc1)c1ccccc1I. The fourth-order valence-electron chi connectivity index (χ4n) is 1.87. The van der Waals surface area contributed by atoms with Crippen molar-refractivity contribution >= 4 is 22.6 Å². The summed E-state index contributed by atoms with van der Waals surface area (Å²) in [5, 5.41) is 12.9. The van der Waals surface area contributed by atoms with Gasteiger partial charge in [0.25, 0.3) is 0 Å². The Bertz CT molecular complexity index is 487. The second kappa shape index (κ2) is 6.87. The largest absolute Gasteiger partial charge is 0.394 e. The molecule has 0 heterocycles. The predicted octanol–water partition coefficient (Wildman–Crippen LogP) is 3.11. The summed E-state index contributed by atoms with van der Waals surface area (Å²) in [7, 11) is 0. The van der Waals surface area contributed by atoms with Crippen LogP contribution in [0.3, 0.4) is 0 Å². The Hall–Kier alpha value is -0.910. The van der Waals surface area contributed by atoms with Gasteiger partial charge in [-0.15, -0.1) is 0 Å². The highest BCUT2D eigenvalue weighted by atomic mass is 127. The van der Waals surface area contributed by atoms with Crippen molar-refractivity contribution in [3.05, 3.63) is 69.3 Å². The maximum atomic E-state index is 9.52. The van der Waals surface area contributed by atoms with E-state index in [1.165, 1.54) is 9.13 Å². The highest BCUT2D eigenvalue weighted by molar-refractivity contribution is 14.1. The maximum absolute atomic E-state index is 9.52. The molecule has 2 aromatic rings. The topological polar surface area (TPSA) is 32.3 Å². The number of nitrogens with one attached hydrogen (secondary N) is 1. The molecule has 0 amide bonds. The highest BCUT2D eigenvalue weighted by Gasteiger charge is 2.12. The molecule has 2 N–H and O–H groups in total. The monoisotopic (exact) mass is 353 g/mol. The van der Waals surface area contributed by atoms with Crippen LogP contribution in [0.5, 0.6) is 0 Å². The molecule has 0 radical (unpaired) electrons. The molecule has 2 nitrogen and oxygen atoms in total. The Balaban J connectivity index is 2.04. The van der Waals surface area contributed by atoms with E-state index in [9.17, 15) is 5.11 Å². The minimum Gasteiger partial charge on any atom is -0.394 e. The van der Waals surface area contributed by atoms with Gasteiger partial charge in [0.15, 0.2) is 0 Å². The van der Waals surface area contributed by atoms with Gasteiger partial charge in [-0.05, 0) is 39.8 Å². The van der Waals surface area contributed by atoms with Gasteiger partial charge in [0.2, 0.25) is 0 Å². The summed E-state index contributed by atoms with van der Waals surface area (Å²) >= 11 is 2.30. The maximum Gasteiger partial charge on any atom is 0.0626 e. The van der Waals surface area contributed by atoms with Crippen LogP contribution >= 0.6 is 22.6 Å². The van der Waals surface area contributed by atoms with Gasteiger partial charge in [-0.3, -0.25) is 0 Å². The summed E-state index contributed by atoms with van der Waals surface area (Å²) in [6.07, 6.45) is 0. The van der Waals surface area contributed by atoms with Crippen molar-refractivity contribution in [1.29, 1.82) is 0 Å². The normalized spacial score (nSPS) is 12.3. The Morgan fingerprint density at radius 2 is 1.67 bits per heavy atom. The van der Waals surface area contributed by atoms with Crippen LogP contribution in [0.25, 0.3) is 0 Å². The van der Waals surface area contributed by atoms with E-state index in [2.05, 4.69) is 52.2 Å². The van der Waals surface area contributed by atoms with Crippen LogP contribution in [0.15, 0.2) is 54.6 Å². The molecule has 18 heavy (non-hydrogen) atoms. The van der Waals surface area contributed by atoms with E-state index in [-0.39, 0.29) is 12.6 Å². The van der Waals surface area contributed by atoms with Gasteiger partial charge in [-0.1, -0.05) is 48.5 Å². The summed E-state index contributed by atoms with van der Waals surface area (Å²) in [5.41, 5.74) is 2.37. The zero-order chi connectivity index (χ0) is 12.8. The third kappa shape index (κ3) is 3.54. The molecule has 1 atom stereocenters. The third-order valence-corrected chi connectivity index (χ3v) is 3.84. The molecule has 0 aromatic heterocycles. The Labute approximate surface area is 121 Å². The minimum atomic E-state index is -0.0155. The summed E-state index contributed by atoms with van der Waals surface area (Å²) < 4.78 is 1.18. The molecular formula is C15H16INO. The first-order chi connectivity index (χ1) is 8.81. The van der Waals surface area contributed by atoms with Gasteiger partial charge in [0.1, 0.15) is 0 Å². The van der Waals surface area contributed by atoms with E-state index >= 15 is 0 Å². The molecule has 2 aromatic carbocycles. The highest BCUT2D eigenvalue weighted by Crippen LogP contribution is 2.19. The lowest BCUT2D eigenvalue weighted by atomic mass is 10.1. The molecule has 0 spiro atoms. The van der Waals surface area contributed by atoms with Crippen molar-refractivity contribution in [2.24, 2.45) is 0 Å². The molecule has 0 aliphatic rings. The second-order valence-corrected chi connectivity index (χ2v) is 5.29. The first-order valence-corrected chi connectivity index (χ1v) is 7.01. The van der Waals surface area contributed by atoms with Gasteiger partial charge in [-0.2, -0.15) is 0 Å². The average Bonchev–Trinajstić information content (AvgIpc) is 2.42. The molecule has 0 aliphatic heterocycles. The number of halogens is 1. The molecule has 0 saturated carbocycles. The number of rotatable bonds is 5. The van der Waals surface area contributed by atoms with Gasteiger partial charge < -0.3 is 10.4 Å². The fraction of sp³-hybridized carbons (Fsp3) is 0.200. The van der Waals surface area contributed by atoms with Crippen molar-refractivity contribution in [2.75, 3.05) is 6.61 Å². The van der Waals surface area contributed by atoms with Crippen molar-refractivity contribution < 1.29 is 5.11 Å². The van der Waals surface area contributed by atoms with E-state index in [4.69, 9.17) is 0 Å². The van der Waals surface area contributed by atoms with E-state index in [0.29, 0.717) is 0 Å². The van der Waals surface area contributed by atoms with Crippen molar-refractivity contribution in [2.45, 2.75) is 12.6 Å². The molecule has 0 aliphatic carbocycles. The molecule has 2 rings (SSSR count). The van der Waals surface area contributed by atoms with Gasteiger partial charge >= 0.3 is 0 Å². The number of aliphatic hydroxyl groups excluding tert-OH is 1. The average molecular weight is 353 g/mol. The number of benzene rings is 2. The van der Waals surface area contributed by atoms with Crippen LogP contribution in [-0.2, 0) is 6.54 Å². The van der Waals surface area contributed by atoms with Crippen molar-refractivity contribution in [3.8, 4) is 0 Å². The van der Waals surface area contributed by atoms with E-state index in [0.717, 1.165) is 12.1 Å². The zero-order valence-electron chi connectivity index (χ0n) is 10.0. The van der Waals surface area contributed by atoms with Crippen LogP contribution in [0.4, 0.5) is 0 Å². The molecule has 0 saturated heterocycles. The minimum absolute atomic E-state index is 0.0155. The summed E-state index contributed by atoms with van der Waals surface area (Å²) in [4.78, 5) is 0. The predicted molar refractivity (Wildman–Crippen MR) is 82.3 cm³/mol. The van der Waals surface area contributed by atoms with Crippen molar-refractivity contribution in [1.82, 2.24) is 5.32 Å². The zero-order valence-corrected chi connectivity index (χ0v) is 12.2. The quantitative estimate of drug-likeness (QED) is 0.810. The summed E-state index contributed by atoms with van der Waals surface area (Å²) in [5.74, 6) is 0. The van der Waals surface area contributed by atoms with Crippen LogP contribution in [-0.4, -0.2) is 11.7 Å². The lowest BCUT2D eigenvalue weighted by molar-refractivity contribution is 0.243. The van der Waals surface area contributed by atoms with E-state index in [1.54, 1.807) is 0 Å². The second-order valence-electron chi connectivity index (χ2n) is 4.12. The fourth-order valence-corrected chi connectivity index (χ4v) is 2.63. The molecule has 0 fully saturated rings. The van der Waals surface area contributed by atoms with Crippen LogP contribution < -0.4 is 5.32 Å². The van der Waals surface area contributed by atoms with Crippen LogP contribution in [0.1, 0.15) is 17.2 Å². The van der Waals surface area contributed by atoms with Crippen molar-refractivity contribution in [3.63, 3.8) is 0 Å². The number of aliphatic hydroxyl groups is 1. The van der Waals surface area contributed by atoms with Crippen LogP contribution in [0.2, 0.25) is 0 Å². The van der Waals surface area contributed by atoms with E-state index in [1.807, 2.05) is 30.3 Å². The lowest BCUT2D eigenvalue weighted by Crippen LogP contribution is -2.24. The smallest absolute Gasteiger partial charge is 0.0626 e.